The molecule has 64 valence electrons. The number of likely N-dealkylation sites (N-methyl/N-ethyl adjacent to an activating group) is 1. The van der Waals surface area contributed by atoms with Gasteiger partial charge in [-0.05, 0) is 26.3 Å². The molecule has 0 aromatic heterocycles. The number of piperidine rings is 1. The number of aliphatic hydroxyl groups excluding tert-OH is 2. The highest BCUT2D eigenvalue weighted by atomic mass is 16.3. The third-order valence-electron chi connectivity index (χ3n) is 3.20. The van der Waals surface area contributed by atoms with Crippen molar-refractivity contribution in [2.45, 2.75) is 43.6 Å². The first kappa shape index (κ1) is 7.53. The van der Waals surface area contributed by atoms with E-state index in [1.165, 1.54) is 0 Å². The van der Waals surface area contributed by atoms with Gasteiger partial charge in [0.1, 0.15) is 0 Å². The number of rotatable bonds is 0. The van der Waals surface area contributed by atoms with Crippen LogP contribution in [0.4, 0.5) is 0 Å². The summed E-state index contributed by atoms with van der Waals surface area (Å²) in [5.74, 6) is 0. The largest absolute Gasteiger partial charge is 0.390 e. The van der Waals surface area contributed by atoms with Gasteiger partial charge in [0.2, 0.25) is 0 Å². The highest BCUT2D eigenvalue weighted by Gasteiger charge is 2.43. The van der Waals surface area contributed by atoms with Gasteiger partial charge >= 0.3 is 0 Å². The second-order valence-electron chi connectivity index (χ2n) is 3.76. The van der Waals surface area contributed by atoms with Crippen LogP contribution in [0.15, 0.2) is 0 Å². The molecule has 2 bridgehead atoms. The zero-order valence-corrected chi connectivity index (χ0v) is 6.77. The molecule has 0 aromatic rings. The van der Waals surface area contributed by atoms with E-state index in [1.54, 1.807) is 0 Å². The molecule has 2 fully saturated rings. The van der Waals surface area contributed by atoms with E-state index in [0.717, 1.165) is 19.3 Å². The van der Waals surface area contributed by atoms with Crippen LogP contribution in [-0.2, 0) is 0 Å². The van der Waals surface area contributed by atoms with Gasteiger partial charge in [0.05, 0.1) is 12.2 Å². The van der Waals surface area contributed by atoms with Crippen LogP contribution in [0.1, 0.15) is 19.3 Å². The molecule has 0 aliphatic carbocycles. The molecule has 2 aliphatic heterocycles. The van der Waals surface area contributed by atoms with E-state index in [-0.39, 0.29) is 6.04 Å². The van der Waals surface area contributed by atoms with Gasteiger partial charge in [0, 0.05) is 12.1 Å². The third kappa shape index (κ3) is 0.991. The lowest BCUT2D eigenvalue weighted by Gasteiger charge is -2.37. The van der Waals surface area contributed by atoms with Crippen LogP contribution in [0.3, 0.4) is 0 Å². The standard InChI is InChI=1S/C8H15NO2/c1-9-5-2-3-6(9)8(11)7(10)4-5/h5-8,10-11H,2-4H2,1H3/t5?,6?,7?,8-/m0/s1. The molecule has 4 atom stereocenters. The molecule has 11 heavy (non-hydrogen) atoms. The molecule has 0 spiro atoms. The van der Waals surface area contributed by atoms with E-state index in [4.69, 9.17) is 0 Å². The number of hydrogen-bond acceptors (Lipinski definition) is 3. The van der Waals surface area contributed by atoms with Crippen LogP contribution in [0, 0.1) is 0 Å². The second-order valence-corrected chi connectivity index (χ2v) is 3.76. The highest BCUT2D eigenvalue weighted by molar-refractivity contribution is 4.98. The maximum atomic E-state index is 9.54. The van der Waals surface area contributed by atoms with Crippen molar-refractivity contribution >= 4 is 0 Å². The monoisotopic (exact) mass is 157 g/mol. The molecule has 2 saturated heterocycles. The van der Waals surface area contributed by atoms with Gasteiger partial charge in [-0.1, -0.05) is 0 Å². The van der Waals surface area contributed by atoms with E-state index in [0.29, 0.717) is 6.04 Å². The van der Waals surface area contributed by atoms with E-state index >= 15 is 0 Å². The molecule has 2 heterocycles. The van der Waals surface area contributed by atoms with Crippen molar-refractivity contribution in [3.05, 3.63) is 0 Å². The van der Waals surface area contributed by atoms with Crippen molar-refractivity contribution in [1.29, 1.82) is 0 Å². The molecular weight excluding hydrogens is 142 g/mol. The van der Waals surface area contributed by atoms with Gasteiger partial charge in [0.15, 0.2) is 0 Å². The zero-order valence-electron chi connectivity index (χ0n) is 6.77. The molecular formula is C8H15NO2. The Bertz CT molecular complexity index is 162. The Morgan fingerprint density at radius 3 is 2.73 bits per heavy atom. The smallest absolute Gasteiger partial charge is 0.0954 e. The Hall–Kier alpha value is -0.120. The van der Waals surface area contributed by atoms with Crippen molar-refractivity contribution in [2.24, 2.45) is 0 Å². The van der Waals surface area contributed by atoms with Gasteiger partial charge < -0.3 is 10.2 Å². The zero-order chi connectivity index (χ0) is 8.01. The second kappa shape index (κ2) is 2.44. The predicted octanol–water partition coefficient (Wildman–Crippen LogP) is -0.425. The van der Waals surface area contributed by atoms with Crippen molar-refractivity contribution in [3.8, 4) is 0 Å². The van der Waals surface area contributed by atoms with Crippen molar-refractivity contribution < 1.29 is 10.2 Å². The van der Waals surface area contributed by atoms with Crippen LogP contribution in [0.5, 0.6) is 0 Å². The summed E-state index contributed by atoms with van der Waals surface area (Å²) in [6, 6.07) is 0.724. The molecule has 0 aromatic carbocycles. The lowest BCUT2D eigenvalue weighted by atomic mass is 9.98. The van der Waals surface area contributed by atoms with Crippen molar-refractivity contribution in [2.75, 3.05) is 7.05 Å². The summed E-state index contributed by atoms with van der Waals surface area (Å²) in [6.07, 6.45) is 1.92. The first-order chi connectivity index (χ1) is 5.20. The molecule has 0 radical (unpaired) electrons. The number of fused-ring (bicyclic) bond motifs is 2. The quantitative estimate of drug-likeness (QED) is 0.501. The number of nitrogens with zero attached hydrogens (tertiary/aromatic N) is 1. The topological polar surface area (TPSA) is 43.7 Å². The molecule has 2 aliphatic rings. The Morgan fingerprint density at radius 2 is 2.00 bits per heavy atom. The molecule has 3 nitrogen and oxygen atoms in total. The average molecular weight is 157 g/mol. The Labute approximate surface area is 66.6 Å². The van der Waals surface area contributed by atoms with Gasteiger partial charge in [-0.2, -0.15) is 0 Å². The van der Waals surface area contributed by atoms with Crippen LogP contribution in [-0.4, -0.2) is 46.5 Å². The van der Waals surface area contributed by atoms with Gasteiger partial charge in [-0.3, -0.25) is 4.90 Å². The Morgan fingerprint density at radius 1 is 1.27 bits per heavy atom. The van der Waals surface area contributed by atoms with Crippen LogP contribution in [0.2, 0.25) is 0 Å². The van der Waals surface area contributed by atoms with Crippen LogP contribution in [0.25, 0.3) is 0 Å². The average Bonchev–Trinajstić information content (AvgIpc) is 2.23. The van der Waals surface area contributed by atoms with Gasteiger partial charge in [0.25, 0.3) is 0 Å². The summed E-state index contributed by atoms with van der Waals surface area (Å²) in [6.45, 7) is 0. The number of aliphatic hydroxyl groups is 2. The van der Waals surface area contributed by atoms with Crippen molar-refractivity contribution in [3.63, 3.8) is 0 Å². The van der Waals surface area contributed by atoms with E-state index in [9.17, 15) is 10.2 Å². The fraction of sp³-hybridized carbons (Fsp3) is 1.00. The summed E-state index contributed by atoms with van der Waals surface area (Å²) in [5, 5.41) is 18.9. The summed E-state index contributed by atoms with van der Waals surface area (Å²) in [7, 11) is 2.04. The van der Waals surface area contributed by atoms with Crippen LogP contribution >= 0.6 is 0 Å². The molecule has 2 rings (SSSR count). The molecule has 3 heteroatoms. The number of hydrogen-bond donors (Lipinski definition) is 2. The van der Waals surface area contributed by atoms with E-state index in [1.807, 2.05) is 7.05 Å². The first-order valence-corrected chi connectivity index (χ1v) is 4.28. The highest BCUT2D eigenvalue weighted by Crippen LogP contribution is 2.34. The lowest BCUT2D eigenvalue weighted by molar-refractivity contribution is -0.0671. The molecule has 0 saturated carbocycles. The minimum atomic E-state index is -0.515. The molecule has 3 unspecified atom stereocenters. The third-order valence-corrected chi connectivity index (χ3v) is 3.20. The van der Waals surface area contributed by atoms with Gasteiger partial charge in [-0.15, -0.1) is 0 Å². The summed E-state index contributed by atoms with van der Waals surface area (Å²) in [4.78, 5) is 2.21. The normalized spacial score (nSPS) is 51.5. The SMILES string of the molecule is CN1C2CCC1[C@H](O)C(O)C2. The van der Waals surface area contributed by atoms with Crippen LogP contribution < -0.4 is 0 Å². The predicted molar refractivity (Wildman–Crippen MR) is 41.2 cm³/mol. The first-order valence-electron chi connectivity index (χ1n) is 4.28. The van der Waals surface area contributed by atoms with E-state index in [2.05, 4.69) is 4.90 Å². The maximum absolute atomic E-state index is 9.54. The lowest BCUT2D eigenvalue weighted by Crippen LogP contribution is -2.52. The molecule has 0 amide bonds. The molecule has 2 N–H and O–H groups in total. The Balaban J connectivity index is 2.16. The Kier molecular flexibility index (Phi) is 1.67. The van der Waals surface area contributed by atoms with Gasteiger partial charge in [-0.25, -0.2) is 0 Å². The summed E-state index contributed by atoms with van der Waals surface area (Å²) < 4.78 is 0. The minimum Gasteiger partial charge on any atom is -0.390 e. The fourth-order valence-electron chi connectivity index (χ4n) is 2.41. The van der Waals surface area contributed by atoms with E-state index < -0.39 is 12.2 Å². The fourth-order valence-corrected chi connectivity index (χ4v) is 2.41. The maximum Gasteiger partial charge on any atom is 0.0954 e. The summed E-state index contributed by atoms with van der Waals surface area (Å²) in [5.41, 5.74) is 0. The minimum absolute atomic E-state index is 0.212. The van der Waals surface area contributed by atoms with Crippen molar-refractivity contribution in [1.82, 2.24) is 4.90 Å². The summed E-state index contributed by atoms with van der Waals surface area (Å²) >= 11 is 0.